The zero-order valence-electron chi connectivity index (χ0n) is 10.0. The third kappa shape index (κ3) is 2.73. The molecule has 0 aliphatic carbocycles. The van der Waals surface area contributed by atoms with Gasteiger partial charge in [0.05, 0.1) is 4.83 Å². The summed E-state index contributed by atoms with van der Waals surface area (Å²) < 4.78 is 3.43. The third-order valence-electron chi connectivity index (χ3n) is 3.09. The minimum Gasteiger partial charge on any atom is -0.142 e. The standard InChI is InChI=1S/C15H8Br3ClS/c16-12-3-1-2-9-11(7-20-15(9)12)14(18)10-5-4-8(19)6-13(10)17/h1-7,14H. The highest BCUT2D eigenvalue weighted by molar-refractivity contribution is 9.11. The van der Waals surface area contributed by atoms with E-state index in [0.717, 1.165) is 14.0 Å². The van der Waals surface area contributed by atoms with Gasteiger partial charge in [0.25, 0.3) is 0 Å². The maximum Gasteiger partial charge on any atom is 0.0669 e. The lowest BCUT2D eigenvalue weighted by Crippen LogP contribution is -1.93. The van der Waals surface area contributed by atoms with Gasteiger partial charge < -0.3 is 0 Å². The van der Waals surface area contributed by atoms with E-state index in [0.29, 0.717) is 0 Å². The van der Waals surface area contributed by atoms with Crippen LogP contribution < -0.4 is 0 Å². The van der Waals surface area contributed by atoms with E-state index in [9.17, 15) is 0 Å². The van der Waals surface area contributed by atoms with Crippen molar-refractivity contribution in [3.05, 3.63) is 66.9 Å². The Morgan fingerprint density at radius 1 is 1.00 bits per heavy atom. The molecule has 0 N–H and O–H groups in total. The number of hydrogen-bond donors (Lipinski definition) is 0. The molecule has 0 aliphatic rings. The van der Waals surface area contributed by atoms with Crippen molar-refractivity contribution in [2.24, 2.45) is 0 Å². The SMILES string of the molecule is Clc1ccc(C(Br)c2csc3c(Br)cccc23)c(Br)c1. The van der Waals surface area contributed by atoms with Gasteiger partial charge in [-0.15, -0.1) is 11.3 Å². The first-order valence-electron chi connectivity index (χ1n) is 5.82. The summed E-state index contributed by atoms with van der Waals surface area (Å²) in [5.74, 6) is 0. The number of benzene rings is 2. The van der Waals surface area contributed by atoms with Crippen molar-refractivity contribution >= 4 is 80.8 Å². The predicted octanol–water partition coefficient (Wildman–Crippen LogP) is 7.56. The van der Waals surface area contributed by atoms with Crippen LogP contribution in [0.25, 0.3) is 10.1 Å². The van der Waals surface area contributed by atoms with Crippen molar-refractivity contribution in [3.63, 3.8) is 0 Å². The lowest BCUT2D eigenvalue weighted by molar-refractivity contribution is 1.19. The second kappa shape index (κ2) is 6.09. The second-order valence-electron chi connectivity index (χ2n) is 4.34. The van der Waals surface area contributed by atoms with Gasteiger partial charge in [0.2, 0.25) is 0 Å². The van der Waals surface area contributed by atoms with E-state index < -0.39 is 0 Å². The number of hydrogen-bond acceptors (Lipinski definition) is 1. The molecule has 1 unspecified atom stereocenters. The Morgan fingerprint density at radius 3 is 2.55 bits per heavy atom. The lowest BCUT2D eigenvalue weighted by Gasteiger charge is -2.12. The molecular weight excluding hydrogens is 487 g/mol. The Kier molecular flexibility index (Phi) is 4.58. The van der Waals surface area contributed by atoms with E-state index in [1.54, 1.807) is 11.3 Å². The fourth-order valence-electron chi connectivity index (χ4n) is 2.11. The molecule has 0 saturated heterocycles. The molecule has 5 heteroatoms. The molecule has 0 nitrogen and oxygen atoms in total. The molecular formula is C15H8Br3ClS. The van der Waals surface area contributed by atoms with E-state index in [4.69, 9.17) is 11.6 Å². The van der Waals surface area contributed by atoms with Crippen LogP contribution in [0.4, 0.5) is 0 Å². The average molecular weight is 495 g/mol. The summed E-state index contributed by atoms with van der Waals surface area (Å²) in [6.45, 7) is 0. The van der Waals surface area contributed by atoms with Gasteiger partial charge >= 0.3 is 0 Å². The maximum absolute atomic E-state index is 6.01. The summed E-state index contributed by atoms with van der Waals surface area (Å²) in [6, 6.07) is 12.2. The molecule has 1 aromatic heterocycles. The predicted molar refractivity (Wildman–Crippen MR) is 99.4 cm³/mol. The Bertz CT molecular complexity index is 782. The minimum absolute atomic E-state index is 0.136. The van der Waals surface area contributed by atoms with Crippen LogP contribution in [-0.4, -0.2) is 0 Å². The van der Waals surface area contributed by atoms with E-state index in [1.165, 1.54) is 21.2 Å². The number of rotatable bonds is 2. The first-order chi connectivity index (χ1) is 9.58. The number of thiophene rings is 1. The molecule has 0 aliphatic heterocycles. The Balaban J connectivity index is 2.13. The fourth-order valence-corrected chi connectivity index (χ4v) is 5.93. The van der Waals surface area contributed by atoms with Crippen LogP contribution in [-0.2, 0) is 0 Å². The van der Waals surface area contributed by atoms with Gasteiger partial charge in [-0.1, -0.05) is 61.7 Å². The topological polar surface area (TPSA) is 0 Å². The summed E-state index contributed by atoms with van der Waals surface area (Å²) in [5.41, 5.74) is 2.45. The van der Waals surface area contributed by atoms with E-state index >= 15 is 0 Å². The normalized spacial score (nSPS) is 12.8. The van der Waals surface area contributed by atoms with Crippen LogP contribution >= 0.6 is 70.7 Å². The first kappa shape index (κ1) is 15.0. The zero-order valence-corrected chi connectivity index (χ0v) is 16.4. The Morgan fingerprint density at radius 2 is 1.80 bits per heavy atom. The molecule has 20 heavy (non-hydrogen) atoms. The Hall–Kier alpha value is 0.130. The molecule has 102 valence electrons. The van der Waals surface area contributed by atoms with Crippen molar-refractivity contribution < 1.29 is 0 Å². The fraction of sp³-hybridized carbons (Fsp3) is 0.0667. The van der Waals surface area contributed by atoms with Crippen molar-refractivity contribution in [1.82, 2.24) is 0 Å². The molecule has 1 atom stereocenters. The second-order valence-corrected chi connectivity index (χ2v) is 8.28. The highest BCUT2D eigenvalue weighted by atomic mass is 79.9. The molecule has 1 heterocycles. The van der Waals surface area contributed by atoms with Gasteiger partial charge in [0.1, 0.15) is 0 Å². The van der Waals surface area contributed by atoms with Gasteiger partial charge in [0, 0.05) is 18.7 Å². The lowest BCUT2D eigenvalue weighted by atomic mass is 10.0. The Labute approximate surface area is 151 Å². The van der Waals surface area contributed by atoms with Crippen molar-refractivity contribution in [1.29, 1.82) is 0 Å². The molecule has 3 aromatic rings. The van der Waals surface area contributed by atoms with Gasteiger partial charge in [-0.05, 0) is 56.0 Å². The van der Waals surface area contributed by atoms with Crippen LogP contribution in [0, 0.1) is 0 Å². The molecule has 0 radical (unpaired) electrons. The monoisotopic (exact) mass is 492 g/mol. The summed E-state index contributed by atoms with van der Waals surface area (Å²) in [6.07, 6.45) is 0. The molecule has 0 amide bonds. The van der Waals surface area contributed by atoms with Crippen LogP contribution in [0.3, 0.4) is 0 Å². The molecule has 3 rings (SSSR count). The van der Waals surface area contributed by atoms with Crippen molar-refractivity contribution in [2.45, 2.75) is 4.83 Å². The minimum atomic E-state index is 0.136. The van der Waals surface area contributed by atoms with Crippen molar-refractivity contribution in [2.75, 3.05) is 0 Å². The molecule has 0 bridgehead atoms. The summed E-state index contributed by atoms with van der Waals surface area (Å²) in [4.78, 5) is 0.136. The van der Waals surface area contributed by atoms with Crippen LogP contribution in [0.15, 0.2) is 50.7 Å². The van der Waals surface area contributed by atoms with Crippen LogP contribution in [0.2, 0.25) is 5.02 Å². The maximum atomic E-state index is 6.01. The largest absolute Gasteiger partial charge is 0.142 e. The average Bonchev–Trinajstić information content (AvgIpc) is 2.83. The smallest absolute Gasteiger partial charge is 0.0669 e. The third-order valence-corrected chi connectivity index (χ3v) is 6.97. The zero-order chi connectivity index (χ0) is 14.3. The van der Waals surface area contributed by atoms with Crippen molar-refractivity contribution in [3.8, 4) is 0 Å². The van der Waals surface area contributed by atoms with Crippen LogP contribution in [0.1, 0.15) is 16.0 Å². The molecule has 0 saturated carbocycles. The quantitative estimate of drug-likeness (QED) is 0.322. The number of fused-ring (bicyclic) bond motifs is 1. The van der Waals surface area contributed by atoms with Gasteiger partial charge in [-0.2, -0.15) is 0 Å². The highest BCUT2D eigenvalue weighted by Gasteiger charge is 2.18. The van der Waals surface area contributed by atoms with Crippen LogP contribution in [0.5, 0.6) is 0 Å². The molecule has 0 fully saturated rings. The van der Waals surface area contributed by atoms with Gasteiger partial charge in [-0.3, -0.25) is 0 Å². The van der Waals surface area contributed by atoms with E-state index in [-0.39, 0.29) is 4.83 Å². The van der Waals surface area contributed by atoms with Gasteiger partial charge in [-0.25, -0.2) is 0 Å². The van der Waals surface area contributed by atoms with E-state index in [2.05, 4.69) is 71.4 Å². The summed E-state index contributed by atoms with van der Waals surface area (Å²) in [5, 5.41) is 4.21. The first-order valence-corrected chi connectivity index (χ1v) is 9.58. The summed E-state index contributed by atoms with van der Waals surface area (Å²) in [7, 11) is 0. The molecule has 0 spiro atoms. The molecule has 2 aromatic carbocycles. The number of alkyl halides is 1. The summed E-state index contributed by atoms with van der Waals surface area (Å²) >= 11 is 18.8. The van der Waals surface area contributed by atoms with Gasteiger partial charge in [0.15, 0.2) is 0 Å². The number of halogens is 4. The van der Waals surface area contributed by atoms with E-state index in [1.807, 2.05) is 18.2 Å². The highest BCUT2D eigenvalue weighted by Crippen LogP contribution is 2.43.